The van der Waals surface area contributed by atoms with E-state index in [4.69, 9.17) is 5.73 Å². The second kappa shape index (κ2) is 9.89. The van der Waals surface area contributed by atoms with Gasteiger partial charge < -0.3 is 5.73 Å². The van der Waals surface area contributed by atoms with Gasteiger partial charge in [-0.05, 0) is 71.0 Å². The Balaban J connectivity index is 1.47. The molecule has 2 fully saturated rings. The summed E-state index contributed by atoms with van der Waals surface area (Å²) in [5, 5.41) is 0. The number of allylic oxidation sites excluding steroid dienone is 1. The number of hydrogen-bond acceptors (Lipinski definition) is 4. The molecule has 1 aromatic rings. The average molecular weight is 464 g/mol. The lowest BCUT2D eigenvalue weighted by atomic mass is 9.79. The predicted molar refractivity (Wildman–Crippen MR) is 135 cm³/mol. The lowest BCUT2D eigenvalue weighted by Gasteiger charge is -2.24. The molecule has 2 saturated carbocycles. The maximum Gasteiger partial charge on any atom is 0.150 e. The number of hydrogen-bond donors (Lipinski definition) is 1. The summed E-state index contributed by atoms with van der Waals surface area (Å²) in [5.74, 6) is 1.07. The van der Waals surface area contributed by atoms with Crippen LogP contribution in [0.1, 0.15) is 70.4 Å². The zero-order valence-electron chi connectivity index (χ0n) is 21.1. The van der Waals surface area contributed by atoms with E-state index in [0.29, 0.717) is 23.8 Å². The number of fused-ring (bicyclic) bond motifs is 1. The van der Waals surface area contributed by atoms with Gasteiger partial charge in [-0.3, -0.25) is 14.4 Å². The van der Waals surface area contributed by atoms with E-state index >= 15 is 0 Å². The van der Waals surface area contributed by atoms with Gasteiger partial charge in [0.15, 0.2) is 5.78 Å². The summed E-state index contributed by atoms with van der Waals surface area (Å²) in [7, 11) is 0. The molecule has 0 aromatic heterocycles. The Bertz CT molecular complexity index is 935. The van der Waals surface area contributed by atoms with Crippen molar-refractivity contribution in [1.82, 2.24) is 0 Å². The molecule has 0 bridgehead atoms. The van der Waals surface area contributed by atoms with Crippen molar-refractivity contribution in [2.24, 2.45) is 46.7 Å². The van der Waals surface area contributed by atoms with Crippen LogP contribution in [0, 0.1) is 40.9 Å². The van der Waals surface area contributed by atoms with Gasteiger partial charge >= 0.3 is 0 Å². The van der Waals surface area contributed by atoms with Crippen molar-refractivity contribution in [2.75, 3.05) is 0 Å². The zero-order chi connectivity index (χ0) is 24.6. The number of carbonyl (C=O) groups excluding carboxylic acids is 3. The van der Waals surface area contributed by atoms with Gasteiger partial charge in [0, 0.05) is 18.8 Å². The quantitative estimate of drug-likeness (QED) is 0.325. The van der Waals surface area contributed by atoms with E-state index in [0.717, 1.165) is 32.0 Å². The molecule has 0 radical (unpaired) electrons. The molecule has 0 spiro atoms. The molecular formula is C30H41NO3. The maximum atomic E-state index is 13.7. The zero-order valence-corrected chi connectivity index (χ0v) is 21.1. The van der Waals surface area contributed by atoms with Gasteiger partial charge in [-0.1, -0.05) is 70.9 Å². The fourth-order valence-corrected chi connectivity index (χ4v) is 6.88. The van der Waals surface area contributed by atoms with E-state index in [9.17, 15) is 14.4 Å². The van der Waals surface area contributed by atoms with Gasteiger partial charge in [0.25, 0.3) is 0 Å². The van der Waals surface area contributed by atoms with Crippen molar-refractivity contribution in [3.63, 3.8) is 0 Å². The molecule has 2 N–H and O–H groups in total. The van der Waals surface area contributed by atoms with Gasteiger partial charge in [0.05, 0.1) is 6.04 Å². The molecule has 4 heteroatoms. The van der Waals surface area contributed by atoms with Crippen molar-refractivity contribution in [3.05, 3.63) is 47.5 Å². The number of aldehydes is 1. The highest BCUT2D eigenvalue weighted by atomic mass is 16.1. The smallest absolute Gasteiger partial charge is 0.150 e. The van der Waals surface area contributed by atoms with Crippen LogP contribution in [0.4, 0.5) is 0 Å². The molecular weight excluding hydrogens is 422 g/mol. The second-order valence-corrected chi connectivity index (χ2v) is 11.8. The first-order valence-electron chi connectivity index (χ1n) is 13.2. The number of Topliss-reactive ketones (excluding diaryl/α,β-unsaturated/α-hetero) is 2. The molecule has 0 saturated heterocycles. The van der Waals surface area contributed by atoms with E-state index in [-0.39, 0.29) is 47.1 Å². The summed E-state index contributed by atoms with van der Waals surface area (Å²) >= 11 is 0. The van der Waals surface area contributed by atoms with Crippen LogP contribution in [0.3, 0.4) is 0 Å². The van der Waals surface area contributed by atoms with Crippen LogP contribution in [0.25, 0.3) is 0 Å². The number of carbonyl (C=O) groups is 3. The molecule has 4 nitrogen and oxygen atoms in total. The van der Waals surface area contributed by atoms with Crippen LogP contribution < -0.4 is 5.73 Å². The Morgan fingerprint density at radius 1 is 1.12 bits per heavy atom. The van der Waals surface area contributed by atoms with Crippen LogP contribution in [0.15, 0.2) is 36.4 Å². The first-order chi connectivity index (χ1) is 16.2. The van der Waals surface area contributed by atoms with Gasteiger partial charge in [0.2, 0.25) is 0 Å². The maximum absolute atomic E-state index is 13.7. The Labute approximate surface area is 204 Å². The molecule has 34 heavy (non-hydrogen) atoms. The van der Waals surface area contributed by atoms with Crippen LogP contribution in [0.5, 0.6) is 0 Å². The highest BCUT2D eigenvalue weighted by Crippen LogP contribution is 2.64. The number of ketones is 2. The molecule has 5 atom stereocenters. The number of nitrogens with two attached hydrogens (primary N) is 1. The molecule has 1 aromatic carbocycles. The Morgan fingerprint density at radius 2 is 1.74 bits per heavy atom. The summed E-state index contributed by atoms with van der Waals surface area (Å²) in [6.45, 7) is 10.5. The minimum atomic E-state index is -0.545. The van der Waals surface area contributed by atoms with E-state index in [1.165, 1.54) is 24.0 Å². The Hall–Kier alpha value is -2.07. The van der Waals surface area contributed by atoms with E-state index in [2.05, 4.69) is 39.5 Å². The predicted octanol–water partition coefficient (Wildman–Crippen LogP) is 5.12. The summed E-state index contributed by atoms with van der Waals surface area (Å²) in [6.07, 6.45) is 7.22. The fraction of sp³-hybridized carbons (Fsp3) is 0.633. The third-order valence-electron chi connectivity index (χ3n) is 9.25. The van der Waals surface area contributed by atoms with Crippen molar-refractivity contribution in [2.45, 2.75) is 78.2 Å². The minimum absolute atomic E-state index is 0.0154. The standard InChI is InChI=1S/C30H41NO3/c1-5-25-28(30(25,3)4)24(26(33)15-22(18(2)17-32)12-19-10-11-19)16-27(34)29(31)23-13-20-8-6-7-9-21(20)14-23/h6-9,17,19,22-25,28-29H,2,5,10-16,31H2,1,3-4H3/t22-,24?,25?,28?,29?/m0/s1. The van der Waals surface area contributed by atoms with Crippen molar-refractivity contribution in [1.29, 1.82) is 0 Å². The molecule has 4 rings (SSSR count). The molecule has 4 unspecified atom stereocenters. The summed E-state index contributed by atoms with van der Waals surface area (Å²) in [5.41, 5.74) is 9.67. The first-order valence-corrected chi connectivity index (χ1v) is 13.2. The molecule has 0 heterocycles. The largest absolute Gasteiger partial charge is 0.321 e. The van der Waals surface area contributed by atoms with Gasteiger partial charge in [-0.25, -0.2) is 0 Å². The van der Waals surface area contributed by atoms with E-state index < -0.39 is 6.04 Å². The molecule has 0 amide bonds. The van der Waals surface area contributed by atoms with Crippen LogP contribution in [-0.2, 0) is 27.2 Å². The van der Waals surface area contributed by atoms with Gasteiger partial charge in [-0.2, -0.15) is 0 Å². The summed E-state index contributed by atoms with van der Waals surface area (Å²) < 4.78 is 0. The third kappa shape index (κ3) is 5.12. The normalized spacial score (nSPS) is 25.8. The molecule has 3 aliphatic rings. The monoisotopic (exact) mass is 463 g/mol. The summed E-state index contributed by atoms with van der Waals surface area (Å²) in [6, 6.07) is 7.77. The van der Waals surface area contributed by atoms with Crippen molar-refractivity contribution < 1.29 is 14.4 Å². The highest BCUT2D eigenvalue weighted by molar-refractivity contribution is 5.92. The fourth-order valence-electron chi connectivity index (χ4n) is 6.88. The van der Waals surface area contributed by atoms with Crippen LogP contribution >= 0.6 is 0 Å². The number of benzene rings is 1. The second-order valence-electron chi connectivity index (χ2n) is 11.8. The minimum Gasteiger partial charge on any atom is -0.321 e. The van der Waals surface area contributed by atoms with Crippen LogP contribution in [0.2, 0.25) is 0 Å². The first kappa shape index (κ1) is 25.0. The van der Waals surface area contributed by atoms with E-state index in [1.54, 1.807) is 0 Å². The van der Waals surface area contributed by atoms with Gasteiger partial charge in [0.1, 0.15) is 12.1 Å². The Kier molecular flexibility index (Phi) is 7.28. The van der Waals surface area contributed by atoms with Crippen LogP contribution in [-0.4, -0.2) is 23.9 Å². The van der Waals surface area contributed by atoms with Crippen molar-refractivity contribution >= 4 is 17.9 Å². The van der Waals surface area contributed by atoms with Crippen molar-refractivity contribution in [3.8, 4) is 0 Å². The van der Waals surface area contributed by atoms with E-state index in [1.807, 2.05) is 12.1 Å². The molecule has 0 aliphatic heterocycles. The van der Waals surface area contributed by atoms with Gasteiger partial charge in [-0.15, -0.1) is 0 Å². The molecule has 3 aliphatic carbocycles. The Morgan fingerprint density at radius 3 is 2.24 bits per heavy atom. The molecule has 184 valence electrons. The number of rotatable bonds is 13. The topological polar surface area (TPSA) is 77.2 Å². The third-order valence-corrected chi connectivity index (χ3v) is 9.25. The highest BCUT2D eigenvalue weighted by Gasteiger charge is 2.61. The SMILES string of the molecule is C=C(C=O)[C@H](CC(=O)C(CC(=O)C(N)C1Cc2ccccc2C1)C1C(CC)C1(C)C)CC1CC1. The summed E-state index contributed by atoms with van der Waals surface area (Å²) in [4.78, 5) is 38.6. The lowest BCUT2D eigenvalue weighted by molar-refractivity contribution is -0.130. The lowest BCUT2D eigenvalue weighted by Crippen LogP contribution is -2.40. The average Bonchev–Trinajstić information content (AvgIpc) is 3.67.